The Kier molecular flexibility index (Phi) is 2.52. The molecule has 4 rings (SSSR count). The van der Waals surface area contributed by atoms with Crippen molar-refractivity contribution in [3.63, 3.8) is 0 Å². The Labute approximate surface area is 122 Å². The highest BCUT2D eigenvalue weighted by Crippen LogP contribution is 2.34. The summed E-state index contributed by atoms with van der Waals surface area (Å²) in [6, 6.07) is 12.3. The van der Waals surface area contributed by atoms with Gasteiger partial charge in [-0.15, -0.1) is 0 Å². The molecule has 3 heterocycles. The predicted octanol–water partition coefficient (Wildman–Crippen LogP) is 3.30. The molecule has 0 atom stereocenters. The molecule has 1 aliphatic heterocycles. The molecule has 3 nitrogen and oxygen atoms in total. The number of pyridine rings is 2. The molecule has 0 saturated carbocycles. The van der Waals surface area contributed by atoms with Gasteiger partial charge in [0.05, 0.1) is 23.4 Å². The van der Waals surface area contributed by atoms with E-state index in [4.69, 9.17) is 4.98 Å². The first-order valence-electron chi connectivity index (χ1n) is 7.31. The number of fused-ring (bicyclic) bond motifs is 4. The van der Waals surface area contributed by atoms with E-state index < -0.39 is 0 Å². The molecular formula is C18H16N2O. The van der Waals surface area contributed by atoms with Crippen LogP contribution in [0.5, 0.6) is 0 Å². The van der Waals surface area contributed by atoms with Crippen LogP contribution in [0.15, 0.2) is 41.2 Å². The molecule has 0 fully saturated rings. The van der Waals surface area contributed by atoms with Crippen LogP contribution in [0, 0.1) is 6.92 Å². The van der Waals surface area contributed by atoms with Crippen LogP contribution in [0.1, 0.15) is 23.6 Å². The minimum Gasteiger partial charge on any atom is -0.302 e. The van der Waals surface area contributed by atoms with E-state index in [1.165, 1.54) is 5.56 Å². The standard InChI is InChI=1S/C18H16N2O/c1-3-12-8-11(2)18(21)20-10-14-9-13-6-4-5-7-15(13)19-16(14)17(12)20/h4-9H,3,10H2,1-2H3. The van der Waals surface area contributed by atoms with E-state index in [9.17, 15) is 4.79 Å². The Bertz CT molecular complexity index is 938. The summed E-state index contributed by atoms with van der Waals surface area (Å²) in [7, 11) is 0. The lowest BCUT2D eigenvalue weighted by Gasteiger charge is -2.10. The third-order valence-corrected chi connectivity index (χ3v) is 4.28. The Morgan fingerprint density at radius 2 is 2.05 bits per heavy atom. The van der Waals surface area contributed by atoms with Gasteiger partial charge in [-0.3, -0.25) is 4.79 Å². The van der Waals surface area contributed by atoms with Crippen molar-refractivity contribution >= 4 is 10.9 Å². The van der Waals surface area contributed by atoms with Crippen molar-refractivity contribution in [3.8, 4) is 11.4 Å². The largest absolute Gasteiger partial charge is 0.302 e. The average Bonchev–Trinajstić information content (AvgIpc) is 2.87. The van der Waals surface area contributed by atoms with E-state index >= 15 is 0 Å². The Morgan fingerprint density at radius 1 is 1.24 bits per heavy atom. The number of para-hydroxylation sites is 1. The number of aryl methyl sites for hydroxylation is 2. The highest BCUT2D eigenvalue weighted by atomic mass is 16.1. The van der Waals surface area contributed by atoms with Gasteiger partial charge in [0.25, 0.3) is 5.56 Å². The van der Waals surface area contributed by atoms with Crippen molar-refractivity contribution in [3.05, 3.63) is 63.4 Å². The van der Waals surface area contributed by atoms with Crippen LogP contribution in [0.25, 0.3) is 22.3 Å². The molecule has 104 valence electrons. The molecule has 3 heteroatoms. The highest BCUT2D eigenvalue weighted by Gasteiger charge is 2.24. The van der Waals surface area contributed by atoms with Crippen molar-refractivity contribution in [1.82, 2.24) is 9.55 Å². The maximum absolute atomic E-state index is 12.4. The van der Waals surface area contributed by atoms with Crippen LogP contribution in [-0.4, -0.2) is 9.55 Å². The van der Waals surface area contributed by atoms with E-state index in [1.807, 2.05) is 35.8 Å². The average molecular weight is 276 g/mol. The van der Waals surface area contributed by atoms with Gasteiger partial charge in [-0.05, 0) is 37.1 Å². The summed E-state index contributed by atoms with van der Waals surface area (Å²) in [4.78, 5) is 17.2. The summed E-state index contributed by atoms with van der Waals surface area (Å²) >= 11 is 0. The topological polar surface area (TPSA) is 34.9 Å². The third-order valence-electron chi connectivity index (χ3n) is 4.28. The summed E-state index contributed by atoms with van der Waals surface area (Å²) in [6.45, 7) is 4.65. The second-order valence-electron chi connectivity index (χ2n) is 5.63. The zero-order valence-corrected chi connectivity index (χ0v) is 12.2. The number of benzene rings is 1. The van der Waals surface area contributed by atoms with Gasteiger partial charge in [0.2, 0.25) is 0 Å². The van der Waals surface area contributed by atoms with Gasteiger partial charge in [-0.25, -0.2) is 4.98 Å². The lowest BCUT2D eigenvalue weighted by molar-refractivity contribution is 0.786. The predicted molar refractivity (Wildman–Crippen MR) is 84.7 cm³/mol. The van der Waals surface area contributed by atoms with Gasteiger partial charge in [0, 0.05) is 16.5 Å². The molecule has 3 aromatic rings. The molecule has 0 radical (unpaired) electrons. The van der Waals surface area contributed by atoms with Crippen molar-refractivity contribution in [2.75, 3.05) is 0 Å². The zero-order chi connectivity index (χ0) is 14.6. The fourth-order valence-corrected chi connectivity index (χ4v) is 3.24. The first-order chi connectivity index (χ1) is 10.2. The molecule has 0 amide bonds. The lowest BCUT2D eigenvalue weighted by atomic mass is 10.0. The van der Waals surface area contributed by atoms with Crippen molar-refractivity contribution < 1.29 is 0 Å². The molecule has 0 saturated heterocycles. The molecule has 0 aliphatic carbocycles. The molecule has 2 aromatic heterocycles. The number of aromatic nitrogens is 2. The second-order valence-corrected chi connectivity index (χ2v) is 5.63. The SMILES string of the molecule is CCc1cc(C)c(=O)n2c1-c1nc3ccccc3cc1C2. The molecule has 1 aliphatic rings. The van der Waals surface area contributed by atoms with Gasteiger partial charge in [-0.1, -0.05) is 25.1 Å². The minimum atomic E-state index is 0.101. The highest BCUT2D eigenvalue weighted by molar-refractivity contribution is 5.84. The summed E-state index contributed by atoms with van der Waals surface area (Å²) in [5.41, 5.74) is 6.23. The van der Waals surface area contributed by atoms with Crippen LogP contribution in [0.3, 0.4) is 0 Å². The molecular weight excluding hydrogens is 260 g/mol. The monoisotopic (exact) mass is 276 g/mol. The first kappa shape index (κ1) is 12.3. The number of rotatable bonds is 1. The second kappa shape index (κ2) is 4.29. The fourth-order valence-electron chi connectivity index (χ4n) is 3.24. The van der Waals surface area contributed by atoms with Crippen LogP contribution in [0.4, 0.5) is 0 Å². The van der Waals surface area contributed by atoms with Crippen LogP contribution in [-0.2, 0) is 13.0 Å². The van der Waals surface area contributed by atoms with E-state index in [-0.39, 0.29) is 5.56 Å². The normalized spacial score (nSPS) is 12.5. The van der Waals surface area contributed by atoms with Gasteiger partial charge in [0.15, 0.2) is 0 Å². The molecule has 1 aromatic carbocycles. The molecule has 0 spiro atoms. The Balaban J connectivity index is 2.09. The summed E-state index contributed by atoms with van der Waals surface area (Å²) < 4.78 is 1.88. The van der Waals surface area contributed by atoms with Crippen molar-refractivity contribution in [2.24, 2.45) is 0 Å². The minimum absolute atomic E-state index is 0.101. The summed E-state index contributed by atoms with van der Waals surface area (Å²) in [5.74, 6) is 0. The van der Waals surface area contributed by atoms with E-state index in [2.05, 4.69) is 19.1 Å². The summed E-state index contributed by atoms with van der Waals surface area (Å²) in [6.07, 6.45) is 0.907. The van der Waals surface area contributed by atoms with Gasteiger partial charge >= 0.3 is 0 Å². The maximum Gasteiger partial charge on any atom is 0.254 e. The Morgan fingerprint density at radius 3 is 2.86 bits per heavy atom. The van der Waals surface area contributed by atoms with E-state index in [1.54, 1.807) is 0 Å². The van der Waals surface area contributed by atoms with E-state index in [0.717, 1.165) is 39.8 Å². The Hall–Kier alpha value is -2.42. The third kappa shape index (κ3) is 1.67. The molecule has 0 bridgehead atoms. The van der Waals surface area contributed by atoms with Crippen molar-refractivity contribution in [1.29, 1.82) is 0 Å². The first-order valence-corrected chi connectivity index (χ1v) is 7.31. The number of hydrogen-bond acceptors (Lipinski definition) is 2. The summed E-state index contributed by atoms with van der Waals surface area (Å²) in [5, 5.41) is 1.13. The lowest BCUT2D eigenvalue weighted by Crippen LogP contribution is -2.22. The van der Waals surface area contributed by atoms with Crippen LogP contribution in [0.2, 0.25) is 0 Å². The van der Waals surface area contributed by atoms with Crippen molar-refractivity contribution in [2.45, 2.75) is 26.8 Å². The molecule has 0 N–H and O–H groups in total. The zero-order valence-electron chi connectivity index (χ0n) is 12.2. The smallest absolute Gasteiger partial charge is 0.254 e. The quantitative estimate of drug-likeness (QED) is 0.534. The molecule has 21 heavy (non-hydrogen) atoms. The van der Waals surface area contributed by atoms with Gasteiger partial charge in [0.1, 0.15) is 0 Å². The van der Waals surface area contributed by atoms with E-state index in [0.29, 0.717) is 6.54 Å². The number of nitrogens with zero attached hydrogens (tertiary/aromatic N) is 2. The van der Waals surface area contributed by atoms with Crippen LogP contribution < -0.4 is 5.56 Å². The van der Waals surface area contributed by atoms with Gasteiger partial charge < -0.3 is 4.57 Å². The number of hydrogen-bond donors (Lipinski definition) is 0. The van der Waals surface area contributed by atoms with Crippen LogP contribution >= 0.6 is 0 Å². The molecule has 0 unspecified atom stereocenters. The van der Waals surface area contributed by atoms with Gasteiger partial charge in [-0.2, -0.15) is 0 Å². The fraction of sp³-hybridized carbons (Fsp3) is 0.222. The maximum atomic E-state index is 12.4.